The summed E-state index contributed by atoms with van der Waals surface area (Å²) >= 11 is 1.81. The Morgan fingerprint density at radius 1 is 0.857 bits per heavy atom. The highest BCUT2D eigenvalue weighted by atomic mass is 32.2. The number of carbonyl (C=O) groups is 2. The van der Waals surface area contributed by atoms with E-state index in [0.717, 1.165) is 30.8 Å². The van der Waals surface area contributed by atoms with Crippen LogP contribution in [0.5, 0.6) is 0 Å². The first kappa shape index (κ1) is 29.7. The lowest BCUT2D eigenvalue weighted by Crippen LogP contribution is -2.44. The van der Waals surface area contributed by atoms with E-state index in [9.17, 15) is 9.59 Å². The first-order valence-electron chi connectivity index (χ1n) is 14.1. The number of nitrogens with one attached hydrogen (secondary N) is 3. The van der Waals surface area contributed by atoms with Gasteiger partial charge in [-0.25, -0.2) is 0 Å². The Kier molecular flexibility index (Phi) is 15.9. The molecule has 5 nitrogen and oxygen atoms in total. The van der Waals surface area contributed by atoms with Crippen molar-refractivity contribution in [3.63, 3.8) is 0 Å². The zero-order valence-corrected chi connectivity index (χ0v) is 23.0. The molecule has 35 heavy (non-hydrogen) atoms. The summed E-state index contributed by atoms with van der Waals surface area (Å²) in [6.45, 7) is 4.58. The average molecular weight is 504 g/mol. The van der Waals surface area contributed by atoms with Crippen molar-refractivity contribution in [3.8, 4) is 0 Å². The fraction of sp³-hybridized carbons (Fsp3) is 0.724. The molecule has 6 heteroatoms. The largest absolute Gasteiger partial charge is 0.355 e. The van der Waals surface area contributed by atoms with E-state index in [1.807, 2.05) is 36.0 Å². The Labute approximate surface area is 218 Å². The summed E-state index contributed by atoms with van der Waals surface area (Å²) in [7, 11) is 0. The standard InChI is InChI=1S/C29H49N3O2S/c1-3-4-5-6-7-8-9-10-11-12-13-14-15-16-21-30-29(34)27-23-35-28(32-27)22-25-17-19-26(20-18-25)31-24(2)33/h17-20,27-28,32H,3-16,21-23H2,1-2H3,(H,30,34)(H,31,33)/t27-,28?/m0/s1. The molecule has 2 rings (SSSR count). The Bertz CT molecular complexity index is 710. The van der Waals surface area contributed by atoms with Crippen LogP contribution in [0.2, 0.25) is 0 Å². The van der Waals surface area contributed by atoms with Crippen molar-refractivity contribution in [2.24, 2.45) is 0 Å². The van der Waals surface area contributed by atoms with Crippen LogP contribution < -0.4 is 16.0 Å². The molecule has 1 unspecified atom stereocenters. The molecule has 0 aromatic heterocycles. The third kappa shape index (κ3) is 14.0. The number of benzene rings is 1. The second-order valence-corrected chi connectivity index (χ2v) is 11.2. The van der Waals surface area contributed by atoms with Gasteiger partial charge in [0.1, 0.15) is 0 Å². The van der Waals surface area contributed by atoms with Gasteiger partial charge in [0.05, 0.1) is 11.4 Å². The lowest BCUT2D eigenvalue weighted by atomic mass is 10.0. The predicted octanol–water partition coefficient (Wildman–Crippen LogP) is 6.82. The molecular weight excluding hydrogens is 454 g/mol. The number of rotatable bonds is 19. The van der Waals surface area contributed by atoms with Crippen LogP contribution in [0.3, 0.4) is 0 Å². The maximum Gasteiger partial charge on any atom is 0.238 e. The minimum Gasteiger partial charge on any atom is -0.355 e. The fourth-order valence-electron chi connectivity index (χ4n) is 4.60. The van der Waals surface area contributed by atoms with Crippen LogP contribution in [0, 0.1) is 0 Å². The van der Waals surface area contributed by atoms with E-state index in [1.165, 1.54) is 96.0 Å². The van der Waals surface area contributed by atoms with Crippen LogP contribution in [-0.4, -0.2) is 35.5 Å². The maximum atomic E-state index is 12.5. The molecule has 1 aliphatic rings. The van der Waals surface area contributed by atoms with E-state index in [1.54, 1.807) is 0 Å². The first-order valence-corrected chi connectivity index (χ1v) is 15.1. The number of hydrogen-bond acceptors (Lipinski definition) is 4. The summed E-state index contributed by atoms with van der Waals surface area (Å²) in [5.74, 6) is 0.892. The number of carbonyl (C=O) groups excluding carboxylic acids is 2. The minimum absolute atomic E-state index is 0.0614. The van der Waals surface area contributed by atoms with Gasteiger partial charge in [-0.15, -0.1) is 11.8 Å². The molecule has 1 aromatic carbocycles. The van der Waals surface area contributed by atoms with Crippen molar-refractivity contribution in [2.75, 3.05) is 17.6 Å². The van der Waals surface area contributed by atoms with Gasteiger partial charge in [0.2, 0.25) is 11.8 Å². The van der Waals surface area contributed by atoms with E-state index < -0.39 is 0 Å². The quantitative estimate of drug-likeness (QED) is 0.181. The van der Waals surface area contributed by atoms with E-state index in [-0.39, 0.29) is 23.2 Å². The van der Waals surface area contributed by atoms with Gasteiger partial charge in [-0.2, -0.15) is 0 Å². The molecule has 198 valence electrons. The number of unbranched alkanes of at least 4 members (excludes halogenated alkanes) is 13. The molecular formula is C29H49N3O2S. The predicted molar refractivity (Wildman–Crippen MR) is 151 cm³/mol. The molecule has 1 aliphatic heterocycles. The maximum absolute atomic E-state index is 12.5. The second-order valence-electron chi connectivity index (χ2n) is 10.0. The zero-order valence-electron chi connectivity index (χ0n) is 22.2. The molecule has 0 radical (unpaired) electrons. The van der Waals surface area contributed by atoms with Crippen LogP contribution >= 0.6 is 11.8 Å². The van der Waals surface area contributed by atoms with Crippen LogP contribution in [0.15, 0.2) is 24.3 Å². The van der Waals surface area contributed by atoms with Crippen LogP contribution in [0.25, 0.3) is 0 Å². The Hall–Kier alpha value is -1.53. The van der Waals surface area contributed by atoms with Gasteiger partial charge in [-0.3, -0.25) is 14.9 Å². The lowest BCUT2D eigenvalue weighted by molar-refractivity contribution is -0.122. The molecule has 1 aromatic rings. The summed E-state index contributed by atoms with van der Waals surface area (Å²) in [6.07, 6.45) is 19.8. The van der Waals surface area contributed by atoms with Gasteiger partial charge >= 0.3 is 0 Å². The van der Waals surface area contributed by atoms with Crippen molar-refractivity contribution < 1.29 is 9.59 Å². The average Bonchev–Trinajstić information content (AvgIpc) is 3.31. The van der Waals surface area contributed by atoms with Crippen molar-refractivity contribution in [3.05, 3.63) is 29.8 Å². The topological polar surface area (TPSA) is 70.2 Å². The Morgan fingerprint density at radius 3 is 1.94 bits per heavy atom. The third-order valence-corrected chi connectivity index (χ3v) is 7.92. The Balaban J connectivity index is 1.42. The van der Waals surface area contributed by atoms with Gasteiger partial charge in [0, 0.05) is 24.9 Å². The van der Waals surface area contributed by atoms with Crippen LogP contribution in [0.1, 0.15) is 109 Å². The monoisotopic (exact) mass is 503 g/mol. The lowest BCUT2D eigenvalue weighted by Gasteiger charge is -2.14. The van der Waals surface area contributed by atoms with Gasteiger partial charge in [0.25, 0.3) is 0 Å². The normalized spacial score (nSPS) is 17.4. The molecule has 0 aliphatic carbocycles. The number of hydrogen-bond donors (Lipinski definition) is 3. The SMILES string of the molecule is CCCCCCCCCCCCCCCCNC(=O)[C@@H]1CSC(Cc2ccc(NC(C)=O)cc2)N1. The Morgan fingerprint density at radius 2 is 1.40 bits per heavy atom. The highest BCUT2D eigenvalue weighted by Crippen LogP contribution is 2.23. The second kappa shape index (κ2) is 18.7. The van der Waals surface area contributed by atoms with Crippen LogP contribution in [-0.2, 0) is 16.0 Å². The number of amides is 2. The highest BCUT2D eigenvalue weighted by molar-refractivity contribution is 8.00. The van der Waals surface area contributed by atoms with E-state index >= 15 is 0 Å². The highest BCUT2D eigenvalue weighted by Gasteiger charge is 2.29. The van der Waals surface area contributed by atoms with Gasteiger partial charge < -0.3 is 10.6 Å². The number of thioether (sulfide) groups is 1. The molecule has 2 atom stereocenters. The molecule has 0 bridgehead atoms. The van der Waals surface area contributed by atoms with Crippen molar-refractivity contribution in [2.45, 2.75) is 122 Å². The molecule has 0 spiro atoms. The molecule has 1 fully saturated rings. The smallest absolute Gasteiger partial charge is 0.238 e. The van der Waals surface area contributed by atoms with E-state index in [4.69, 9.17) is 0 Å². The molecule has 2 amide bonds. The van der Waals surface area contributed by atoms with Crippen molar-refractivity contribution >= 4 is 29.3 Å². The number of anilines is 1. The molecule has 3 N–H and O–H groups in total. The summed E-state index contributed by atoms with van der Waals surface area (Å²) in [5.41, 5.74) is 2.02. The van der Waals surface area contributed by atoms with Gasteiger partial charge in [-0.1, -0.05) is 103 Å². The molecule has 1 saturated heterocycles. The van der Waals surface area contributed by atoms with Crippen molar-refractivity contribution in [1.82, 2.24) is 10.6 Å². The summed E-state index contributed by atoms with van der Waals surface area (Å²) in [5, 5.41) is 9.63. The molecule has 0 saturated carbocycles. The summed E-state index contributed by atoms with van der Waals surface area (Å²) < 4.78 is 0. The van der Waals surface area contributed by atoms with Gasteiger partial charge in [0.15, 0.2) is 0 Å². The third-order valence-electron chi connectivity index (χ3n) is 6.69. The van der Waals surface area contributed by atoms with E-state index in [0.29, 0.717) is 0 Å². The van der Waals surface area contributed by atoms with Gasteiger partial charge in [-0.05, 0) is 30.5 Å². The molecule has 1 heterocycles. The summed E-state index contributed by atoms with van der Waals surface area (Å²) in [6, 6.07) is 7.83. The fourth-order valence-corrected chi connectivity index (χ4v) is 5.84. The zero-order chi connectivity index (χ0) is 25.1. The summed E-state index contributed by atoms with van der Waals surface area (Å²) in [4.78, 5) is 23.6. The minimum atomic E-state index is -0.102. The first-order chi connectivity index (χ1) is 17.1. The van der Waals surface area contributed by atoms with E-state index in [2.05, 4.69) is 22.9 Å². The van der Waals surface area contributed by atoms with Crippen molar-refractivity contribution in [1.29, 1.82) is 0 Å². The van der Waals surface area contributed by atoms with Crippen LogP contribution in [0.4, 0.5) is 5.69 Å².